The Morgan fingerprint density at radius 2 is 1.91 bits per heavy atom. The Hall–Kier alpha value is -5.43. The number of hydrogen-bond acceptors (Lipinski definition) is 9. The predicted molar refractivity (Wildman–Crippen MR) is 159 cm³/mol. The van der Waals surface area contributed by atoms with Crippen LogP contribution in [0.4, 0.5) is 10.5 Å². The number of carbonyl (C=O) groups excluding carboxylic acids is 2. The molecule has 13 nitrogen and oxygen atoms in total. The summed E-state index contributed by atoms with van der Waals surface area (Å²) in [5, 5.41) is 30.6. The highest BCUT2D eigenvalue weighted by molar-refractivity contribution is 6.30. The van der Waals surface area contributed by atoms with Crippen molar-refractivity contribution in [3.8, 4) is 16.8 Å². The molecular formula is C29H27ClN10O3. The number of carbonyl (C=O) groups is 2. The van der Waals surface area contributed by atoms with Crippen LogP contribution in [-0.4, -0.2) is 59.3 Å². The Labute approximate surface area is 251 Å². The molecule has 0 saturated carbocycles. The van der Waals surface area contributed by atoms with Crippen LogP contribution in [-0.2, 0) is 22.5 Å². The molecule has 43 heavy (non-hydrogen) atoms. The molecule has 0 saturated heterocycles. The van der Waals surface area contributed by atoms with Gasteiger partial charge in [0, 0.05) is 47.1 Å². The number of anilines is 1. The molecule has 0 fully saturated rings. The number of nitrogens with one attached hydrogen (secondary N) is 2. The summed E-state index contributed by atoms with van der Waals surface area (Å²) in [6.45, 7) is 2.72. The fraction of sp³-hybridized carbons (Fsp3) is 0.172. The molecule has 2 aromatic carbocycles. The highest BCUT2D eigenvalue weighted by Gasteiger charge is 2.19. The van der Waals surface area contributed by atoms with Crippen LogP contribution in [0.5, 0.6) is 0 Å². The first kappa shape index (κ1) is 29.1. The molecule has 3 aromatic heterocycles. The Morgan fingerprint density at radius 3 is 2.63 bits per heavy atom. The molecule has 1 unspecified atom stereocenters. The van der Waals surface area contributed by atoms with Gasteiger partial charge in [-0.1, -0.05) is 23.7 Å². The Balaban J connectivity index is 1.40. The lowest BCUT2D eigenvalue weighted by Gasteiger charge is -2.17. The average Bonchev–Trinajstić information content (AvgIpc) is 3.73. The smallest absolute Gasteiger partial charge is 0.411 e. The molecule has 5 rings (SSSR count). The van der Waals surface area contributed by atoms with Gasteiger partial charge in [0.1, 0.15) is 6.33 Å². The number of halogens is 1. The first-order valence-electron chi connectivity index (χ1n) is 13.2. The second kappa shape index (κ2) is 13.5. The molecule has 0 aliphatic carbocycles. The molecule has 0 spiro atoms. The highest BCUT2D eigenvalue weighted by atomic mass is 35.5. The number of hydrogen-bond donors (Lipinski definition) is 2. The number of rotatable bonds is 10. The van der Waals surface area contributed by atoms with Crippen molar-refractivity contribution in [1.82, 2.24) is 45.5 Å². The van der Waals surface area contributed by atoms with Crippen molar-refractivity contribution in [3.63, 3.8) is 0 Å². The van der Waals surface area contributed by atoms with E-state index >= 15 is 0 Å². The van der Waals surface area contributed by atoms with Gasteiger partial charge in [-0.05, 0) is 71.5 Å². The largest absolute Gasteiger partial charge is 0.453 e. The fourth-order valence-electron chi connectivity index (χ4n) is 4.28. The molecule has 1 atom stereocenters. The molecule has 0 bridgehead atoms. The topological polar surface area (TPSA) is 155 Å². The van der Waals surface area contributed by atoms with Crippen molar-refractivity contribution in [2.45, 2.75) is 25.9 Å². The van der Waals surface area contributed by atoms with Gasteiger partial charge in [-0.2, -0.15) is 20.0 Å². The lowest BCUT2D eigenvalue weighted by molar-refractivity contribution is -0.117. The van der Waals surface area contributed by atoms with E-state index in [1.807, 2.05) is 42.1 Å². The monoisotopic (exact) mass is 598 g/mol. The maximum atomic E-state index is 13.2. The fourth-order valence-corrected chi connectivity index (χ4v) is 4.46. The Bertz CT molecular complexity index is 1740. The SMILES string of the molecule is CCn1ccc(CC(NC(=O)/C=C/c2cc(Cl)ccc2-n2cnnn2)c2cc(-c3ccc(NC(=O)OC)cc3)cnn2)n1. The van der Waals surface area contributed by atoms with E-state index in [2.05, 4.69) is 46.2 Å². The summed E-state index contributed by atoms with van der Waals surface area (Å²) in [5.41, 5.74) is 4.88. The quantitative estimate of drug-likeness (QED) is 0.224. The Kier molecular flexibility index (Phi) is 9.12. The molecule has 0 aliphatic rings. The summed E-state index contributed by atoms with van der Waals surface area (Å²) in [6.07, 6.45) is 7.88. The van der Waals surface area contributed by atoms with Crippen molar-refractivity contribution in [2.24, 2.45) is 0 Å². The molecule has 2 N–H and O–H groups in total. The number of amides is 2. The van der Waals surface area contributed by atoms with Crippen molar-refractivity contribution in [3.05, 3.63) is 101 Å². The van der Waals surface area contributed by atoms with E-state index in [0.717, 1.165) is 23.4 Å². The van der Waals surface area contributed by atoms with Gasteiger partial charge >= 0.3 is 6.09 Å². The first-order chi connectivity index (χ1) is 20.9. The molecule has 0 aliphatic heterocycles. The zero-order chi connectivity index (χ0) is 30.2. The van der Waals surface area contributed by atoms with Crippen molar-refractivity contribution < 1.29 is 14.3 Å². The molecular weight excluding hydrogens is 572 g/mol. The zero-order valence-electron chi connectivity index (χ0n) is 23.3. The molecule has 14 heteroatoms. The first-order valence-corrected chi connectivity index (χ1v) is 13.6. The van der Waals surface area contributed by atoms with Crippen molar-refractivity contribution in [1.29, 1.82) is 0 Å². The predicted octanol–water partition coefficient (Wildman–Crippen LogP) is 4.28. The average molecular weight is 599 g/mol. The highest BCUT2D eigenvalue weighted by Crippen LogP contribution is 2.25. The molecule has 0 radical (unpaired) electrons. The maximum absolute atomic E-state index is 13.2. The summed E-state index contributed by atoms with van der Waals surface area (Å²) in [4.78, 5) is 24.8. The number of tetrazole rings is 1. The lowest BCUT2D eigenvalue weighted by Crippen LogP contribution is -2.29. The van der Waals surface area contributed by atoms with Gasteiger partial charge in [0.25, 0.3) is 0 Å². The normalized spacial score (nSPS) is 11.8. The Morgan fingerprint density at radius 1 is 1.07 bits per heavy atom. The number of aryl methyl sites for hydroxylation is 1. The molecule has 5 aromatic rings. The zero-order valence-corrected chi connectivity index (χ0v) is 24.0. The molecule has 218 valence electrons. The van der Waals surface area contributed by atoms with E-state index < -0.39 is 12.1 Å². The van der Waals surface area contributed by atoms with Gasteiger partial charge in [0.2, 0.25) is 5.91 Å². The maximum Gasteiger partial charge on any atom is 0.411 e. The van der Waals surface area contributed by atoms with E-state index in [0.29, 0.717) is 34.1 Å². The van der Waals surface area contributed by atoms with Crippen LogP contribution in [0, 0.1) is 0 Å². The van der Waals surface area contributed by atoms with Gasteiger partial charge in [-0.15, -0.1) is 5.10 Å². The minimum atomic E-state index is -0.555. The molecule has 3 heterocycles. The van der Waals surface area contributed by atoms with Gasteiger partial charge < -0.3 is 10.1 Å². The van der Waals surface area contributed by atoms with Gasteiger partial charge in [0.15, 0.2) is 0 Å². The van der Waals surface area contributed by atoms with E-state index in [-0.39, 0.29) is 5.91 Å². The summed E-state index contributed by atoms with van der Waals surface area (Å²) in [6, 6.07) is 15.7. The number of nitrogens with zero attached hydrogens (tertiary/aromatic N) is 8. The van der Waals surface area contributed by atoms with Gasteiger partial charge in [-0.3, -0.25) is 14.8 Å². The second-order valence-corrected chi connectivity index (χ2v) is 9.72. The number of aromatic nitrogens is 8. The van der Waals surface area contributed by atoms with E-state index in [4.69, 9.17) is 11.6 Å². The van der Waals surface area contributed by atoms with Gasteiger partial charge in [-0.25, -0.2) is 4.79 Å². The van der Waals surface area contributed by atoms with Crippen molar-refractivity contribution in [2.75, 3.05) is 12.4 Å². The summed E-state index contributed by atoms with van der Waals surface area (Å²) in [5.74, 6) is -0.354. The standard InChI is InChI=1S/C29H27ClN10O3/c1-3-39-13-12-24(36-39)16-25(26-15-21(17-31-35-26)19-4-8-23(9-5-19)33-29(42)43-2)34-28(41)11-6-20-14-22(30)7-10-27(20)40-18-32-37-38-40/h4-15,17-18,25H,3,16H2,1-2H3,(H,33,42)(H,34,41)/b11-6+. The van der Waals surface area contributed by atoms with Crippen LogP contribution in [0.2, 0.25) is 5.02 Å². The van der Waals surface area contributed by atoms with E-state index in [1.165, 1.54) is 24.2 Å². The number of benzene rings is 2. The number of methoxy groups -OCH3 is 1. The lowest BCUT2D eigenvalue weighted by atomic mass is 10.0. The van der Waals surface area contributed by atoms with Crippen LogP contribution < -0.4 is 10.6 Å². The minimum Gasteiger partial charge on any atom is -0.453 e. The van der Waals surface area contributed by atoms with Crippen molar-refractivity contribution >= 4 is 35.4 Å². The third-order valence-corrected chi connectivity index (χ3v) is 6.66. The van der Waals surface area contributed by atoms with Gasteiger partial charge in [0.05, 0.1) is 36.4 Å². The minimum absolute atomic E-state index is 0.354. The number of ether oxygens (including phenoxy) is 1. The van der Waals surface area contributed by atoms with Crippen LogP contribution in [0.25, 0.3) is 22.9 Å². The third kappa shape index (κ3) is 7.45. The van der Waals surface area contributed by atoms with Crippen LogP contribution in [0.1, 0.15) is 29.9 Å². The second-order valence-electron chi connectivity index (χ2n) is 9.28. The van der Waals surface area contributed by atoms with E-state index in [9.17, 15) is 9.59 Å². The summed E-state index contributed by atoms with van der Waals surface area (Å²) < 4.78 is 7.95. The van der Waals surface area contributed by atoms with E-state index in [1.54, 1.807) is 42.6 Å². The third-order valence-electron chi connectivity index (χ3n) is 6.43. The summed E-state index contributed by atoms with van der Waals surface area (Å²) >= 11 is 6.22. The summed E-state index contributed by atoms with van der Waals surface area (Å²) in [7, 11) is 1.30. The van der Waals surface area contributed by atoms with Crippen LogP contribution in [0.3, 0.4) is 0 Å². The van der Waals surface area contributed by atoms with Crippen LogP contribution in [0.15, 0.2) is 79.4 Å². The van der Waals surface area contributed by atoms with Crippen LogP contribution >= 0.6 is 11.6 Å². The molecule has 2 amide bonds.